The van der Waals surface area contributed by atoms with Crippen LogP contribution in [0.2, 0.25) is 0 Å². The maximum absolute atomic E-state index is 13.8. The van der Waals surface area contributed by atoms with Gasteiger partial charge in [0.05, 0.1) is 11.1 Å². The lowest BCUT2D eigenvalue weighted by atomic mass is 10.1. The third-order valence-electron chi connectivity index (χ3n) is 2.21. The van der Waals surface area contributed by atoms with Gasteiger partial charge in [0, 0.05) is 11.4 Å². The average molecular weight is 306 g/mol. The highest BCUT2D eigenvalue weighted by molar-refractivity contribution is 9.10. The van der Waals surface area contributed by atoms with Crippen LogP contribution in [0, 0.1) is 0 Å². The molecule has 90 valence electrons. The van der Waals surface area contributed by atoms with Gasteiger partial charge in [0.15, 0.2) is 0 Å². The number of carbonyl (C=O) groups is 2. The zero-order valence-electron chi connectivity index (χ0n) is 8.54. The van der Waals surface area contributed by atoms with E-state index in [-0.39, 0.29) is 15.1 Å². The maximum atomic E-state index is 13.8. The summed E-state index contributed by atoms with van der Waals surface area (Å²) < 4.78 is 27.8. The summed E-state index contributed by atoms with van der Waals surface area (Å²) in [6.07, 6.45) is 0. The molecule has 2 rings (SSSR count). The fraction of sp³-hybridized carbons (Fsp3) is 0.200. The molecule has 0 aromatic heterocycles. The Morgan fingerprint density at radius 2 is 2.12 bits per heavy atom. The first-order chi connectivity index (χ1) is 7.85. The number of amides is 1. The van der Waals surface area contributed by atoms with Crippen LogP contribution in [0.1, 0.15) is 22.8 Å². The minimum atomic E-state index is -3.65. The number of hydrogen-bond acceptors (Lipinski definition) is 3. The Morgan fingerprint density at radius 3 is 2.65 bits per heavy atom. The van der Waals surface area contributed by atoms with Gasteiger partial charge in [-0.1, -0.05) is 11.1 Å². The van der Waals surface area contributed by atoms with Crippen molar-refractivity contribution < 1.29 is 23.2 Å². The molecule has 0 bridgehead atoms. The van der Waals surface area contributed by atoms with Gasteiger partial charge in [-0.15, -0.1) is 0 Å². The van der Waals surface area contributed by atoms with Crippen LogP contribution in [0.25, 0.3) is 0 Å². The normalized spacial score (nSPS) is 16.9. The minimum absolute atomic E-state index is 0.196. The van der Waals surface area contributed by atoms with Crippen molar-refractivity contribution in [2.24, 2.45) is 0 Å². The van der Waals surface area contributed by atoms with Crippen LogP contribution in [0.4, 0.5) is 8.78 Å². The van der Waals surface area contributed by atoms with E-state index in [1.54, 1.807) is 0 Å². The third kappa shape index (κ3) is 1.70. The van der Waals surface area contributed by atoms with Gasteiger partial charge in [-0.25, -0.2) is 0 Å². The lowest BCUT2D eigenvalue weighted by Crippen LogP contribution is -2.38. The summed E-state index contributed by atoms with van der Waals surface area (Å²) in [6, 6.07) is 0.300. The van der Waals surface area contributed by atoms with Gasteiger partial charge in [-0.2, -0.15) is 8.78 Å². The van der Waals surface area contributed by atoms with Crippen molar-refractivity contribution in [1.82, 2.24) is 5.06 Å². The van der Waals surface area contributed by atoms with E-state index in [2.05, 4.69) is 20.8 Å². The maximum Gasteiger partial charge on any atom is 0.386 e. The molecule has 0 saturated heterocycles. The Labute approximate surface area is 103 Å². The summed E-state index contributed by atoms with van der Waals surface area (Å²) in [4.78, 5) is 26.7. The Morgan fingerprint density at radius 1 is 1.47 bits per heavy atom. The molecule has 1 aromatic carbocycles. The van der Waals surface area contributed by atoms with E-state index in [0.717, 1.165) is 13.0 Å². The molecular weight excluding hydrogens is 300 g/mol. The SMILES string of the molecule is CC(=O)ON1C(=O)c2c(Br)cccc2C1(F)F. The highest BCUT2D eigenvalue weighted by Gasteiger charge is 2.55. The Kier molecular flexibility index (Phi) is 2.65. The molecule has 0 unspecified atom stereocenters. The van der Waals surface area contributed by atoms with Crippen molar-refractivity contribution in [1.29, 1.82) is 0 Å². The zero-order chi connectivity index (χ0) is 12.8. The number of alkyl halides is 2. The summed E-state index contributed by atoms with van der Waals surface area (Å²) in [5.41, 5.74) is -0.683. The monoisotopic (exact) mass is 305 g/mol. The first-order valence-electron chi connectivity index (χ1n) is 4.55. The molecule has 0 atom stereocenters. The number of fused-ring (bicyclic) bond motifs is 1. The van der Waals surface area contributed by atoms with Gasteiger partial charge in [0.2, 0.25) is 0 Å². The third-order valence-corrected chi connectivity index (χ3v) is 2.87. The number of nitrogens with zero attached hydrogens (tertiary/aromatic N) is 1. The van der Waals surface area contributed by atoms with Gasteiger partial charge >= 0.3 is 12.0 Å². The van der Waals surface area contributed by atoms with Crippen LogP contribution in [0.15, 0.2) is 22.7 Å². The molecule has 4 nitrogen and oxygen atoms in total. The molecule has 1 aliphatic rings. The Balaban J connectivity index is 2.56. The van der Waals surface area contributed by atoms with E-state index in [9.17, 15) is 18.4 Å². The van der Waals surface area contributed by atoms with Crippen LogP contribution in [-0.4, -0.2) is 16.9 Å². The van der Waals surface area contributed by atoms with Crippen LogP contribution in [0.3, 0.4) is 0 Å². The lowest BCUT2D eigenvalue weighted by Gasteiger charge is -2.21. The van der Waals surface area contributed by atoms with Gasteiger partial charge in [-0.3, -0.25) is 9.59 Å². The fourth-order valence-electron chi connectivity index (χ4n) is 1.56. The van der Waals surface area contributed by atoms with Crippen LogP contribution in [-0.2, 0) is 15.7 Å². The Bertz CT molecular complexity index is 518. The summed E-state index contributed by atoms with van der Waals surface area (Å²) >= 11 is 3.01. The smallest absolute Gasteiger partial charge is 0.332 e. The molecule has 0 N–H and O–H groups in total. The minimum Gasteiger partial charge on any atom is -0.332 e. The second kappa shape index (κ2) is 3.76. The van der Waals surface area contributed by atoms with Gasteiger partial charge in [0.1, 0.15) is 0 Å². The number of halogens is 3. The fourth-order valence-corrected chi connectivity index (χ4v) is 2.09. The number of carbonyl (C=O) groups excluding carboxylic acids is 2. The summed E-state index contributed by atoms with van der Waals surface area (Å²) in [6.45, 7) is 0.946. The van der Waals surface area contributed by atoms with Crippen LogP contribution in [0.5, 0.6) is 0 Å². The molecule has 1 heterocycles. The largest absolute Gasteiger partial charge is 0.386 e. The zero-order valence-corrected chi connectivity index (χ0v) is 10.1. The van der Waals surface area contributed by atoms with E-state index < -0.39 is 23.5 Å². The number of hydroxylamine groups is 2. The van der Waals surface area contributed by atoms with E-state index in [4.69, 9.17) is 0 Å². The first-order valence-corrected chi connectivity index (χ1v) is 5.35. The molecule has 1 aliphatic heterocycles. The summed E-state index contributed by atoms with van der Waals surface area (Å²) in [5.74, 6) is -2.03. The van der Waals surface area contributed by atoms with Gasteiger partial charge in [-0.05, 0) is 28.1 Å². The lowest BCUT2D eigenvalue weighted by molar-refractivity contribution is -0.268. The van der Waals surface area contributed by atoms with Crippen molar-refractivity contribution in [3.05, 3.63) is 33.8 Å². The highest BCUT2D eigenvalue weighted by Crippen LogP contribution is 2.44. The van der Waals surface area contributed by atoms with Gasteiger partial charge in [0.25, 0.3) is 5.91 Å². The summed E-state index contributed by atoms with van der Waals surface area (Å²) in [7, 11) is 0. The van der Waals surface area contributed by atoms with E-state index in [1.165, 1.54) is 12.1 Å². The van der Waals surface area contributed by atoms with Crippen LogP contribution < -0.4 is 0 Å². The van der Waals surface area contributed by atoms with Crippen molar-refractivity contribution in [3.63, 3.8) is 0 Å². The quantitative estimate of drug-likeness (QED) is 0.749. The second-order valence-corrected chi connectivity index (χ2v) is 4.24. The standard InChI is InChI=1S/C10H6BrF2NO3/c1-5(15)17-14-9(16)8-6(10(14,12)13)3-2-4-7(8)11/h2-4H,1H3. The summed E-state index contributed by atoms with van der Waals surface area (Å²) in [5, 5.41) is -0.204. The highest BCUT2D eigenvalue weighted by atomic mass is 79.9. The van der Waals surface area contributed by atoms with Crippen molar-refractivity contribution in [3.8, 4) is 0 Å². The van der Waals surface area contributed by atoms with Crippen molar-refractivity contribution in [2.45, 2.75) is 13.0 Å². The molecule has 0 spiro atoms. The number of rotatable bonds is 1. The average Bonchev–Trinajstić information content (AvgIpc) is 2.41. The molecule has 1 aromatic rings. The molecule has 0 radical (unpaired) electrons. The topological polar surface area (TPSA) is 46.6 Å². The van der Waals surface area contributed by atoms with Crippen molar-refractivity contribution in [2.75, 3.05) is 0 Å². The predicted molar refractivity (Wildman–Crippen MR) is 56.0 cm³/mol. The van der Waals surface area contributed by atoms with E-state index >= 15 is 0 Å². The molecule has 0 aliphatic carbocycles. The predicted octanol–water partition coefficient (Wildman–Crippen LogP) is 2.43. The molecule has 7 heteroatoms. The van der Waals surface area contributed by atoms with Crippen molar-refractivity contribution >= 4 is 27.8 Å². The molecule has 17 heavy (non-hydrogen) atoms. The Hall–Kier alpha value is -1.50. The number of hydrogen-bond donors (Lipinski definition) is 0. The molecule has 1 amide bonds. The van der Waals surface area contributed by atoms with Gasteiger partial charge < -0.3 is 4.84 Å². The first kappa shape index (κ1) is 12.0. The number of benzene rings is 1. The van der Waals surface area contributed by atoms with Crippen LogP contribution >= 0.6 is 15.9 Å². The second-order valence-electron chi connectivity index (χ2n) is 3.39. The molecule has 0 saturated carbocycles. The molecular formula is C10H6BrF2NO3. The van der Waals surface area contributed by atoms with E-state index in [1.807, 2.05) is 0 Å². The van der Waals surface area contributed by atoms with E-state index in [0.29, 0.717) is 0 Å². The molecule has 0 fully saturated rings.